The van der Waals surface area contributed by atoms with Crippen LogP contribution >= 0.6 is 11.6 Å². The second-order valence-corrected chi connectivity index (χ2v) is 5.24. The lowest BCUT2D eigenvalue weighted by Gasteiger charge is -2.27. The monoisotopic (exact) mass is 273 g/mol. The highest BCUT2D eigenvalue weighted by Gasteiger charge is 2.21. The average molecular weight is 274 g/mol. The van der Waals surface area contributed by atoms with Crippen LogP contribution in [0.25, 0.3) is 0 Å². The lowest BCUT2D eigenvalue weighted by atomic mass is 9.85. The molecule has 19 heavy (non-hydrogen) atoms. The van der Waals surface area contributed by atoms with Crippen LogP contribution in [0.5, 0.6) is 5.75 Å². The average Bonchev–Trinajstić information content (AvgIpc) is 2.46. The maximum Gasteiger partial charge on any atom is 0.119 e. The molecule has 0 bridgehead atoms. The SMILES string of the molecule is COc1ccc2c(c1)CNCC2c1cccc(Cl)c1. The predicted molar refractivity (Wildman–Crippen MR) is 78.0 cm³/mol. The molecule has 0 spiro atoms. The zero-order chi connectivity index (χ0) is 13.2. The molecule has 1 atom stereocenters. The fourth-order valence-corrected chi connectivity index (χ4v) is 2.88. The molecule has 3 heteroatoms. The Labute approximate surface area is 118 Å². The summed E-state index contributed by atoms with van der Waals surface area (Å²) < 4.78 is 5.29. The van der Waals surface area contributed by atoms with E-state index in [1.165, 1.54) is 16.7 Å². The number of rotatable bonds is 2. The molecule has 1 aliphatic heterocycles. The highest BCUT2D eigenvalue weighted by atomic mass is 35.5. The first kappa shape index (κ1) is 12.5. The van der Waals surface area contributed by atoms with Gasteiger partial charge in [0, 0.05) is 24.0 Å². The molecule has 0 radical (unpaired) electrons. The minimum absolute atomic E-state index is 0.355. The smallest absolute Gasteiger partial charge is 0.119 e. The molecule has 0 saturated carbocycles. The van der Waals surface area contributed by atoms with E-state index >= 15 is 0 Å². The van der Waals surface area contributed by atoms with Crippen molar-refractivity contribution in [3.05, 3.63) is 64.2 Å². The molecule has 2 nitrogen and oxygen atoms in total. The molecule has 3 rings (SSSR count). The Balaban J connectivity index is 2.03. The van der Waals surface area contributed by atoms with Crippen molar-refractivity contribution in [3.63, 3.8) is 0 Å². The summed E-state index contributed by atoms with van der Waals surface area (Å²) in [5.41, 5.74) is 3.92. The lowest BCUT2D eigenvalue weighted by Crippen LogP contribution is -2.28. The van der Waals surface area contributed by atoms with Crippen molar-refractivity contribution < 1.29 is 4.74 Å². The van der Waals surface area contributed by atoms with E-state index in [9.17, 15) is 0 Å². The summed E-state index contributed by atoms with van der Waals surface area (Å²) in [6.45, 7) is 1.84. The van der Waals surface area contributed by atoms with Crippen molar-refractivity contribution >= 4 is 11.6 Å². The Hall–Kier alpha value is -1.51. The van der Waals surface area contributed by atoms with Crippen molar-refractivity contribution in [2.75, 3.05) is 13.7 Å². The third kappa shape index (κ3) is 2.46. The molecule has 98 valence electrons. The van der Waals surface area contributed by atoms with Crippen LogP contribution in [-0.4, -0.2) is 13.7 Å². The van der Waals surface area contributed by atoms with E-state index in [4.69, 9.17) is 16.3 Å². The first-order valence-electron chi connectivity index (χ1n) is 6.41. The van der Waals surface area contributed by atoms with Crippen molar-refractivity contribution in [2.45, 2.75) is 12.5 Å². The number of nitrogens with one attached hydrogen (secondary N) is 1. The number of hydrogen-bond donors (Lipinski definition) is 1. The Bertz CT molecular complexity index is 597. The third-order valence-electron chi connectivity index (χ3n) is 3.64. The third-order valence-corrected chi connectivity index (χ3v) is 3.88. The normalized spacial score (nSPS) is 17.9. The second-order valence-electron chi connectivity index (χ2n) is 4.80. The number of halogens is 1. The van der Waals surface area contributed by atoms with Gasteiger partial charge in [-0.2, -0.15) is 0 Å². The van der Waals surface area contributed by atoms with Gasteiger partial charge in [0.05, 0.1) is 7.11 Å². The highest BCUT2D eigenvalue weighted by Crippen LogP contribution is 2.33. The molecular formula is C16H16ClNO. The van der Waals surface area contributed by atoms with Gasteiger partial charge in [0.15, 0.2) is 0 Å². The summed E-state index contributed by atoms with van der Waals surface area (Å²) in [5, 5.41) is 4.25. The number of methoxy groups -OCH3 is 1. The Morgan fingerprint density at radius 3 is 2.89 bits per heavy atom. The van der Waals surface area contributed by atoms with E-state index in [2.05, 4.69) is 23.5 Å². The lowest BCUT2D eigenvalue weighted by molar-refractivity contribution is 0.413. The van der Waals surface area contributed by atoms with Crippen molar-refractivity contribution in [3.8, 4) is 5.75 Å². The van der Waals surface area contributed by atoms with E-state index in [1.807, 2.05) is 24.3 Å². The minimum Gasteiger partial charge on any atom is -0.497 e. The molecule has 0 fully saturated rings. The van der Waals surface area contributed by atoms with E-state index in [1.54, 1.807) is 7.11 Å². The highest BCUT2D eigenvalue weighted by molar-refractivity contribution is 6.30. The molecule has 1 aliphatic rings. The van der Waals surface area contributed by atoms with Crippen LogP contribution < -0.4 is 10.1 Å². The molecular weight excluding hydrogens is 258 g/mol. The Morgan fingerprint density at radius 2 is 2.11 bits per heavy atom. The Kier molecular flexibility index (Phi) is 3.45. The van der Waals surface area contributed by atoms with Crippen LogP contribution in [0.3, 0.4) is 0 Å². The molecule has 1 unspecified atom stereocenters. The van der Waals surface area contributed by atoms with Crippen molar-refractivity contribution in [1.82, 2.24) is 5.32 Å². The Morgan fingerprint density at radius 1 is 1.21 bits per heavy atom. The quantitative estimate of drug-likeness (QED) is 0.903. The fourth-order valence-electron chi connectivity index (χ4n) is 2.68. The summed E-state index contributed by atoms with van der Waals surface area (Å²) in [7, 11) is 1.70. The predicted octanol–water partition coefficient (Wildman–Crippen LogP) is 3.58. The van der Waals surface area contributed by atoms with Gasteiger partial charge in [0.2, 0.25) is 0 Å². The van der Waals surface area contributed by atoms with Gasteiger partial charge in [-0.15, -0.1) is 0 Å². The van der Waals surface area contributed by atoms with Crippen LogP contribution in [0, 0.1) is 0 Å². The van der Waals surface area contributed by atoms with E-state index in [-0.39, 0.29) is 0 Å². The van der Waals surface area contributed by atoms with Gasteiger partial charge >= 0.3 is 0 Å². The van der Waals surface area contributed by atoms with Gasteiger partial charge in [0.25, 0.3) is 0 Å². The maximum atomic E-state index is 6.10. The zero-order valence-electron chi connectivity index (χ0n) is 10.8. The molecule has 0 aliphatic carbocycles. The largest absolute Gasteiger partial charge is 0.497 e. The number of benzene rings is 2. The van der Waals surface area contributed by atoms with Gasteiger partial charge in [-0.3, -0.25) is 0 Å². The van der Waals surface area contributed by atoms with Gasteiger partial charge in [0.1, 0.15) is 5.75 Å². The van der Waals surface area contributed by atoms with Crippen molar-refractivity contribution in [1.29, 1.82) is 0 Å². The first-order chi connectivity index (χ1) is 9.28. The topological polar surface area (TPSA) is 21.3 Å². The summed E-state index contributed by atoms with van der Waals surface area (Å²) in [4.78, 5) is 0. The van der Waals surface area contributed by atoms with Gasteiger partial charge in [-0.25, -0.2) is 0 Å². The van der Waals surface area contributed by atoms with Gasteiger partial charge in [-0.1, -0.05) is 29.8 Å². The first-order valence-corrected chi connectivity index (χ1v) is 6.78. The number of ether oxygens (including phenoxy) is 1. The second kappa shape index (κ2) is 5.24. The van der Waals surface area contributed by atoms with Gasteiger partial charge in [-0.05, 0) is 41.0 Å². The summed E-state index contributed by atoms with van der Waals surface area (Å²) in [6, 6.07) is 14.4. The summed E-state index contributed by atoms with van der Waals surface area (Å²) >= 11 is 6.10. The van der Waals surface area contributed by atoms with E-state index < -0.39 is 0 Å². The summed E-state index contributed by atoms with van der Waals surface area (Å²) in [5.74, 6) is 1.26. The fraction of sp³-hybridized carbons (Fsp3) is 0.250. The van der Waals surface area contributed by atoms with Crippen LogP contribution in [-0.2, 0) is 6.54 Å². The molecule has 2 aromatic carbocycles. The maximum absolute atomic E-state index is 6.10. The molecule has 0 aromatic heterocycles. The van der Waals surface area contributed by atoms with E-state index in [0.717, 1.165) is 23.9 Å². The standard InChI is InChI=1S/C16H16ClNO/c1-19-14-5-6-15-12(8-14)9-18-10-16(15)11-3-2-4-13(17)7-11/h2-8,16,18H,9-10H2,1H3. The number of fused-ring (bicyclic) bond motifs is 1. The molecule has 2 aromatic rings. The van der Waals surface area contributed by atoms with E-state index in [0.29, 0.717) is 5.92 Å². The van der Waals surface area contributed by atoms with Crippen molar-refractivity contribution in [2.24, 2.45) is 0 Å². The number of hydrogen-bond acceptors (Lipinski definition) is 2. The minimum atomic E-state index is 0.355. The molecule has 1 heterocycles. The van der Waals surface area contributed by atoms with Crippen LogP contribution in [0.1, 0.15) is 22.6 Å². The van der Waals surface area contributed by atoms with Gasteiger partial charge < -0.3 is 10.1 Å². The van der Waals surface area contributed by atoms with Crippen LogP contribution in [0.4, 0.5) is 0 Å². The summed E-state index contributed by atoms with van der Waals surface area (Å²) in [6.07, 6.45) is 0. The molecule has 0 amide bonds. The molecule has 1 N–H and O–H groups in total. The molecule has 0 saturated heterocycles. The zero-order valence-corrected chi connectivity index (χ0v) is 11.6. The van der Waals surface area contributed by atoms with Crippen LogP contribution in [0.15, 0.2) is 42.5 Å². The van der Waals surface area contributed by atoms with Crippen LogP contribution in [0.2, 0.25) is 5.02 Å².